The van der Waals surface area contributed by atoms with Crippen LogP contribution in [0.5, 0.6) is 0 Å². The molecule has 1 aromatic carbocycles. The van der Waals surface area contributed by atoms with Gasteiger partial charge in [0, 0.05) is 24.0 Å². The van der Waals surface area contributed by atoms with Gasteiger partial charge in [0.25, 0.3) is 0 Å². The van der Waals surface area contributed by atoms with Gasteiger partial charge in [-0.3, -0.25) is 4.79 Å². The zero-order chi connectivity index (χ0) is 14.7. The highest BCUT2D eigenvalue weighted by molar-refractivity contribution is 6.31. The molecule has 20 heavy (non-hydrogen) atoms. The van der Waals surface area contributed by atoms with Crippen LogP contribution in [0.25, 0.3) is 0 Å². The third-order valence-corrected chi connectivity index (χ3v) is 4.69. The molecule has 0 spiro atoms. The van der Waals surface area contributed by atoms with Gasteiger partial charge in [0.1, 0.15) is 0 Å². The van der Waals surface area contributed by atoms with E-state index in [4.69, 9.17) is 17.3 Å². The van der Waals surface area contributed by atoms with Crippen LogP contribution in [-0.4, -0.2) is 23.9 Å². The van der Waals surface area contributed by atoms with Crippen molar-refractivity contribution in [2.45, 2.75) is 44.7 Å². The summed E-state index contributed by atoms with van der Waals surface area (Å²) in [6, 6.07) is 7.84. The highest BCUT2D eigenvalue weighted by Gasteiger charge is 2.30. The van der Waals surface area contributed by atoms with E-state index in [-0.39, 0.29) is 23.9 Å². The number of hydrogen-bond acceptors (Lipinski definition) is 2. The van der Waals surface area contributed by atoms with Crippen molar-refractivity contribution in [1.82, 2.24) is 4.90 Å². The zero-order valence-corrected chi connectivity index (χ0v) is 12.9. The van der Waals surface area contributed by atoms with Gasteiger partial charge in [-0.1, -0.05) is 36.2 Å². The largest absolute Gasteiger partial charge is 0.339 e. The maximum Gasteiger partial charge on any atom is 0.225 e. The van der Waals surface area contributed by atoms with Crippen molar-refractivity contribution in [2.24, 2.45) is 11.7 Å². The van der Waals surface area contributed by atoms with Gasteiger partial charge in [0.2, 0.25) is 5.91 Å². The SMILES string of the molecule is CC(c1ccccc1Cl)N(C)C(=O)C1CCCC(N)C1. The first-order chi connectivity index (χ1) is 9.50. The van der Waals surface area contributed by atoms with Crippen LogP contribution in [0.15, 0.2) is 24.3 Å². The molecular weight excluding hydrogens is 272 g/mol. The lowest BCUT2D eigenvalue weighted by Gasteiger charge is -2.33. The van der Waals surface area contributed by atoms with Gasteiger partial charge in [0.15, 0.2) is 0 Å². The van der Waals surface area contributed by atoms with Gasteiger partial charge in [-0.2, -0.15) is 0 Å². The van der Waals surface area contributed by atoms with E-state index in [1.807, 2.05) is 43.1 Å². The molecule has 110 valence electrons. The molecule has 1 aromatic rings. The summed E-state index contributed by atoms with van der Waals surface area (Å²) < 4.78 is 0. The number of benzene rings is 1. The van der Waals surface area contributed by atoms with Gasteiger partial charge >= 0.3 is 0 Å². The summed E-state index contributed by atoms with van der Waals surface area (Å²) in [6.45, 7) is 2.02. The lowest BCUT2D eigenvalue weighted by Crippen LogP contribution is -2.39. The number of carbonyl (C=O) groups is 1. The normalized spacial score (nSPS) is 24.2. The molecule has 0 heterocycles. The number of amides is 1. The summed E-state index contributed by atoms with van der Waals surface area (Å²) in [7, 11) is 1.86. The Balaban J connectivity index is 2.08. The number of carbonyl (C=O) groups excluding carboxylic acids is 1. The molecule has 3 unspecified atom stereocenters. The number of halogens is 1. The van der Waals surface area contributed by atoms with Crippen LogP contribution < -0.4 is 5.73 Å². The topological polar surface area (TPSA) is 46.3 Å². The molecule has 3 nitrogen and oxygen atoms in total. The molecule has 2 rings (SSSR count). The van der Waals surface area contributed by atoms with E-state index in [0.717, 1.165) is 31.2 Å². The van der Waals surface area contributed by atoms with Crippen LogP contribution in [0.4, 0.5) is 0 Å². The fourth-order valence-electron chi connectivity index (χ4n) is 2.95. The molecule has 1 fully saturated rings. The van der Waals surface area contributed by atoms with Gasteiger partial charge < -0.3 is 10.6 Å². The summed E-state index contributed by atoms with van der Waals surface area (Å²) in [5, 5.41) is 0.708. The van der Waals surface area contributed by atoms with Crippen molar-refractivity contribution in [3.63, 3.8) is 0 Å². The van der Waals surface area contributed by atoms with Crippen LogP contribution >= 0.6 is 11.6 Å². The third-order valence-electron chi connectivity index (χ3n) is 4.35. The molecule has 0 bridgehead atoms. The van der Waals surface area contributed by atoms with E-state index in [2.05, 4.69) is 0 Å². The quantitative estimate of drug-likeness (QED) is 0.929. The first kappa shape index (κ1) is 15.3. The smallest absolute Gasteiger partial charge is 0.225 e. The first-order valence-corrected chi connectivity index (χ1v) is 7.65. The van der Waals surface area contributed by atoms with E-state index in [1.54, 1.807) is 0 Å². The monoisotopic (exact) mass is 294 g/mol. The van der Waals surface area contributed by atoms with E-state index in [1.165, 1.54) is 0 Å². The number of nitrogens with zero attached hydrogens (tertiary/aromatic N) is 1. The third kappa shape index (κ3) is 3.33. The second kappa shape index (κ2) is 6.59. The van der Waals surface area contributed by atoms with Crippen LogP contribution in [-0.2, 0) is 4.79 Å². The van der Waals surface area contributed by atoms with Gasteiger partial charge in [-0.25, -0.2) is 0 Å². The Bertz CT molecular complexity index is 477. The molecule has 0 saturated heterocycles. The lowest BCUT2D eigenvalue weighted by atomic mass is 9.85. The summed E-state index contributed by atoms with van der Waals surface area (Å²) in [6.07, 6.45) is 3.84. The standard InChI is InChI=1S/C16H23ClN2O/c1-11(14-8-3-4-9-15(14)17)19(2)16(20)12-6-5-7-13(18)10-12/h3-4,8-9,11-13H,5-7,10,18H2,1-2H3. The number of rotatable bonds is 3. The Kier molecular flexibility index (Phi) is 5.06. The van der Waals surface area contributed by atoms with Crippen molar-refractivity contribution in [3.05, 3.63) is 34.9 Å². The highest BCUT2D eigenvalue weighted by Crippen LogP contribution is 2.30. The van der Waals surface area contributed by atoms with Crippen LogP contribution in [0, 0.1) is 5.92 Å². The Morgan fingerprint density at radius 3 is 2.75 bits per heavy atom. The predicted molar refractivity (Wildman–Crippen MR) is 82.6 cm³/mol. The van der Waals surface area contributed by atoms with Gasteiger partial charge in [0.05, 0.1) is 6.04 Å². The summed E-state index contributed by atoms with van der Waals surface area (Å²) in [5.41, 5.74) is 6.97. The van der Waals surface area contributed by atoms with Gasteiger partial charge in [-0.05, 0) is 37.8 Å². The fraction of sp³-hybridized carbons (Fsp3) is 0.562. The van der Waals surface area contributed by atoms with E-state index in [0.29, 0.717) is 5.02 Å². The molecule has 1 aliphatic rings. The molecule has 4 heteroatoms. The van der Waals surface area contributed by atoms with E-state index in [9.17, 15) is 4.79 Å². The average molecular weight is 295 g/mol. The van der Waals surface area contributed by atoms with Crippen LogP contribution in [0.3, 0.4) is 0 Å². The first-order valence-electron chi connectivity index (χ1n) is 7.27. The minimum absolute atomic E-state index is 0.0191. The molecule has 2 N–H and O–H groups in total. The summed E-state index contributed by atoms with van der Waals surface area (Å²) in [5.74, 6) is 0.251. The highest BCUT2D eigenvalue weighted by atomic mass is 35.5. The predicted octanol–water partition coefficient (Wildman–Crippen LogP) is 3.38. The molecule has 0 radical (unpaired) electrons. The average Bonchev–Trinajstić information content (AvgIpc) is 2.45. The minimum atomic E-state index is -0.0191. The van der Waals surface area contributed by atoms with E-state index >= 15 is 0 Å². The second-order valence-corrected chi connectivity index (χ2v) is 6.18. The Hall–Kier alpha value is -1.06. The fourth-order valence-corrected chi connectivity index (χ4v) is 3.25. The summed E-state index contributed by atoms with van der Waals surface area (Å²) in [4.78, 5) is 14.4. The molecule has 1 saturated carbocycles. The van der Waals surface area contributed by atoms with Crippen LogP contribution in [0.1, 0.15) is 44.2 Å². The van der Waals surface area contributed by atoms with Crippen LogP contribution in [0.2, 0.25) is 5.02 Å². The maximum atomic E-state index is 12.6. The molecule has 0 aromatic heterocycles. The molecule has 1 aliphatic carbocycles. The Morgan fingerprint density at radius 2 is 2.10 bits per heavy atom. The summed E-state index contributed by atoms with van der Waals surface area (Å²) >= 11 is 6.22. The lowest BCUT2D eigenvalue weighted by molar-refractivity contribution is -0.137. The van der Waals surface area contributed by atoms with Crippen molar-refractivity contribution < 1.29 is 4.79 Å². The minimum Gasteiger partial charge on any atom is -0.339 e. The van der Waals surface area contributed by atoms with Crippen molar-refractivity contribution >= 4 is 17.5 Å². The maximum absolute atomic E-state index is 12.6. The second-order valence-electron chi connectivity index (χ2n) is 5.77. The van der Waals surface area contributed by atoms with Crippen molar-refractivity contribution in [3.8, 4) is 0 Å². The van der Waals surface area contributed by atoms with Crippen molar-refractivity contribution in [1.29, 1.82) is 0 Å². The van der Waals surface area contributed by atoms with Crippen molar-refractivity contribution in [2.75, 3.05) is 7.05 Å². The van der Waals surface area contributed by atoms with Gasteiger partial charge in [-0.15, -0.1) is 0 Å². The number of hydrogen-bond donors (Lipinski definition) is 1. The molecule has 0 aliphatic heterocycles. The Labute approximate surface area is 126 Å². The zero-order valence-electron chi connectivity index (χ0n) is 12.2. The Morgan fingerprint density at radius 1 is 1.40 bits per heavy atom. The van der Waals surface area contributed by atoms with E-state index < -0.39 is 0 Å². The molecule has 1 amide bonds. The molecule has 3 atom stereocenters. The molecular formula is C16H23ClN2O. The number of nitrogens with two attached hydrogens (primary N) is 1.